The average Bonchev–Trinajstić information content (AvgIpc) is 2.83. The van der Waals surface area contributed by atoms with Gasteiger partial charge >= 0.3 is 5.97 Å². The van der Waals surface area contributed by atoms with Crippen LogP contribution in [0.3, 0.4) is 0 Å². The molecule has 0 bridgehead atoms. The van der Waals surface area contributed by atoms with Crippen molar-refractivity contribution in [3.63, 3.8) is 0 Å². The molecule has 0 radical (unpaired) electrons. The van der Waals surface area contributed by atoms with Crippen LogP contribution < -0.4 is 10.1 Å². The van der Waals surface area contributed by atoms with Crippen molar-refractivity contribution in [3.8, 4) is 11.5 Å². The normalized spacial score (nSPS) is 14.6. The van der Waals surface area contributed by atoms with E-state index in [1.165, 1.54) is 31.9 Å². The topological polar surface area (TPSA) is 107 Å². The van der Waals surface area contributed by atoms with Crippen LogP contribution in [0.1, 0.15) is 57.1 Å². The van der Waals surface area contributed by atoms with E-state index in [1.807, 2.05) is 25.1 Å². The van der Waals surface area contributed by atoms with Crippen LogP contribution in [-0.2, 0) is 20.7 Å². The lowest BCUT2D eigenvalue weighted by Crippen LogP contribution is -2.44. The smallest absolute Gasteiger partial charge is 0.328 e. The summed E-state index contributed by atoms with van der Waals surface area (Å²) in [6.45, 7) is 10.1. The molecule has 1 amide bonds. The van der Waals surface area contributed by atoms with E-state index in [9.17, 15) is 14.7 Å². The fraction of sp³-hybridized carbons (Fsp3) is 0.519. The van der Waals surface area contributed by atoms with E-state index < -0.39 is 29.8 Å². The lowest BCUT2D eigenvalue weighted by atomic mass is 9.89. The summed E-state index contributed by atoms with van der Waals surface area (Å²) in [6, 6.07) is 10.6. The third kappa shape index (κ3) is 8.24. The second-order valence-corrected chi connectivity index (χ2v) is 9.10. The van der Waals surface area contributed by atoms with Crippen LogP contribution in [0.5, 0.6) is 11.5 Å². The number of nitrogens with one attached hydrogen (secondary N) is 1. The van der Waals surface area contributed by atoms with Crippen LogP contribution in [0, 0.1) is 11.8 Å². The summed E-state index contributed by atoms with van der Waals surface area (Å²) in [5.74, 6) is -1.11. The van der Waals surface area contributed by atoms with E-state index in [-0.39, 0.29) is 23.5 Å². The van der Waals surface area contributed by atoms with E-state index in [0.29, 0.717) is 12.5 Å². The molecule has 0 aliphatic rings. The van der Waals surface area contributed by atoms with Crippen molar-refractivity contribution in [3.05, 3.63) is 53.9 Å². The first-order valence-electron chi connectivity index (χ1n) is 12.1. The number of aromatic hydroxyl groups is 1. The van der Waals surface area contributed by atoms with Gasteiger partial charge in [-0.3, -0.25) is 4.79 Å². The summed E-state index contributed by atoms with van der Waals surface area (Å²) in [5.41, 5.74) is 0.964. The molecule has 0 aliphatic carbocycles. The average molecular weight is 487 g/mol. The maximum Gasteiger partial charge on any atom is 0.328 e. The molecule has 1 aromatic heterocycles. The Labute approximate surface area is 208 Å². The first-order valence-corrected chi connectivity index (χ1v) is 12.1. The van der Waals surface area contributed by atoms with E-state index in [0.717, 1.165) is 12.8 Å². The van der Waals surface area contributed by atoms with Gasteiger partial charge in [0.15, 0.2) is 17.2 Å². The zero-order chi connectivity index (χ0) is 26.0. The van der Waals surface area contributed by atoms with Gasteiger partial charge in [-0.1, -0.05) is 57.5 Å². The van der Waals surface area contributed by atoms with Crippen molar-refractivity contribution in [2.24, 2.45) is 11.8 Å². The van der Waals surface area contributed by atoms with Gasteiger partial charge in [-0.05, 0) is 37.7 Å². The fourth-order valence-corrected chi connectivity index (χ4v) is 3.81. The Morgan fingerprint density at radius 2 is 1.77 bits per heavy atom. The van der Waals surface area contributed by atoms with Crippen molar-refractivity contribution in [2.75, 3.05) is 13.7 Å². The second kappa shape index (κ2) is 13.7. The number of hydrogen-bond acceptors (Lipinski definition) is 7. The summed E-state index contributed by atoms with van der Waals surface area (Å²) in [7, 11) is 1.37. The van der Waals surface area contributed by atoms with Crippen LogP contribution in [0.25, 0.3) is 0 Å². The van der Waals surface area contributed by atoms with E-state index in [4.69, 9.17) is 14.2 Å². The summed E-state index contributed by atoms with van der Waals surface area (Å²) in [5, 5.41) is 12.7. The first-order chi connectivity index (χ1) is 16.7. The minimum absolute atomic E-state index is 0.114. The number of methoxy groups -OCH3 is 1. The summed E-state index contributed by atoms with van der Waals surface area (Å²) in [4.78, 5) is 29.3. The Morgan fingerprint density at radius 1 is 1.09 bits per heavy atom. The van der Waals surface area contributed by atoms with Crippen LogP contribution in [-0.4, -0.2) is 53.9 Å². The lowest BCUT2D eigenvalue weighted by Gasteiger charge is -2.32. The van der Waals surface area contributed by atoms with Gasteiger partial charge in [0.1, 0.15) is 12.1 Å². The molecule has 8 heteroatoms. The number of ether oxygens (including phenoxy) is 3. The molecule has 2 rings (SSSR count). The minimum Gasteiger partial charge on any atom is -0.503 e. The molecule has 2 N–H and O–H groups in total. The molecular weight excluding hydrogens is 448 g/mol. The van der Waals surface area contributed by atoms with Gasteiger partial charge in [-0.25, -0.2) is 9.78 Å². The molecule has 2 aromatic rings. The largest absolute Gasteiger partial charge is 0.503 e. The molecular formula is C27H38N2O6. The van der Waals surface area contributed by atoms with Gasteiger partial charge < -0.3 is 24.6 Å². The lowest BCUT2D eigenvalue weighted by molar-refractivity contribution is -0.162. The molecule has 0 aliphatic heterocycles. The fourth-order valence-electron chi connectivity index (χ4n) is 3.81. The number of esters is 1. The molecule has 1 aromatic carbocycles. The predicted octanol–water partition coefficient (Wildman–Crippen LogP) is 4.16. The molecule has 4 atom stereocenters. The van der Waals surface area contributed by atoms with Gasteiger partial charge in [0.2, 0.25) is 0 Å². The number of carbonyl (C=O) groups excluding carboxylic acids is 2. The first kappa shape index (κ1) is 28.1. The van der Waals surface area contributed by atoms with Crippen LogP contribution in [0.2, 0.25) is 0 Å². The monoisotopic (exact) mass is 486 g/mol. The predicted molar refractivity (Wildman–Crippen MR) is 133 cm³/mol. The molecule has 8 nitrogen and oxygen atoms in total. The zero-order valence-electron chi connectivity index (χ0n) is 21.5. The van der Waals surface area contributed by atoms with E-state index in [1.54, 1.807) is 0 Å². The van der Waals surface area contributed by atoms with E-state index >= 15 is 0 Å². The number of hydrogen-bond donors (Lipinski definition) is 2. The molecule has 0 saturated carbocycles. The number of aromatic nitrogens is 1. The molecule has 192 valence electrons. The highest BCUT2D eigenvalue weighted by Crippen LogP contribution is 2.27. The van der Waals surface area contributed by atoms with Crippen LogP contribution in [0.4, 0.5) is 0 Å². The third-order valence-corrected chi connectivity index (χ3v) is 5.74. The standard InChI is InChI=1S/C27H38N2O6/c1-7-21(15-20-11-9-8-10-12-20)25(34-16-17(2)3)19(5)35-27(32)18(4)29-26(31)23-24(30)22(33-6)13-14-28-23/h8-14,17-19,21,25,30H,7,15-16H2,1-6H3,(H,29,31)/t18?,19-,21+,25-/m0/s1. The number of benzene rings is 1. The third-order valence-electron chi connectivity index (χ3n) is 5.74. The highest BCUT2D eigenvalue weighted by atomic mass is 16.6. The Balaban J connectivity index is 2.08. The quantitative estimate of drug-likeness (QED) is 0.410. The van der Waals surface area contributed by atoms with E-state index in [2.05, 4.69) is 43.2 Å². The maximum absolute atomic E-state index is 12.8. The summed E-state index contributed by atoms with van der Waals surface area (Å²) >= 11 is 0. The minimum atomic E-state index is -0.961. The van der Waals surface area contributed by atoms with Crippen LogP contribution in [0.15, 0.2) is 42.6 Å². The number of nitrogens with zero attached hydrogens (tertiary/aromatic N) is 1. The molecule has 1 heterocycles. The van der Waals surface area contributed by atoms with Crippen molar-refractivity contribution in [1.29, 1.82) is 0 Å². The molecule has 0 spiro atoms. The van der Waals surface area contributed by atoms with Crippen molar-refractivity contribution < 1.29 is 28.9 Å². The van der Waals surface area contributed by atoms with Crippen molar-refractivity contribution in [2.45, 2.75) is 65.7 Å². The Bertz CT molecular complexity index is 950. The number of pyridine rings is 1. The Hall–Kier alpha value is -3.13. The highest BCUT2D eigenvalue weighted by molar-refractivity contribution is 5.97. The zero-order valence-corrected chi connectivity index (χ0v) is 21.5. The van der Waals surface area contributed by atoms with Gasteiger partial charge in [0.25, 0.3) is 5.91 Å². The maximum atomic E-state index is 12.8. The second-order valence-electron chi connectivity index (χ2n) is 9.10. The van der Waals surface area contributed by atoms with Gasteiger partial charge in [0, 0.05) is 18.9 Å². The highest BCUT2D eigenvalue weighted by Gasteiger charge is 2.31. The van der Waals surface area contributed by atoms with Gasteiger partial charge in [-0.2, -0.15) is 0 Å². The van der Waals surface area contributed by atoms with Gasteiger partial charge in [0.05, 0.1) is 13.2 Å². The van der Waals surface area contributed by atoms with Crippen molar-refractivity contribution >= 4 is 11.9 Å². The summed E-state index contributed by atoms with van der Waals surface area (Å²) < 4.78 is 17.0. The number of rotatable bonds is 13. The number of amides is 1. The molecule has 0 fully saturated rings. The Kier molecular flexibility index (Phi) is 11.0. The molecule has 1 unspecified atom stereocenters. The number of carbonyl (C=O) groups is 2. The summed E-state index contributed by atoms with van der Waals surface area (Å²) in [6.07, 6.45) is 2.16. The molecule has 0 saturated heterocycles. The SMILES string of the molecule is CC[C@H](Cc1ccccc1)[C@@H](OCC(C)C)[C@H](C)OC(=O)C(C)NC(=O)c1nccc(OC)c1O. The molecule has 35 heavy (non-hydrogen) atoms. The Morgan fingerprint density at radius 3 is 2.37 bits per heavy atom. The van der Waals surface area contributed by atoms with Gasteiger partial charge in [-0.15, -0.1) is 0 Å². The van der Waals surface area contributed by atoms with Crippen LogP contribution >= 0.6 is 0 Å². The van der Waals surface area contributed by atoms with Crippen molar-refractivity contribution in [1.82, 2.24) is 10.3 Å².